The molecule has 0 spiro atoms. The maximum atomic E-state index is 12.7. The molecule has 0 heterocycles. The van der Waals surface area contributed by atoms with E-state index in [0.717, 1.165) is 11.8 Å². The van der Waals surface area contributed by atoms with E-state index in [-0.39, 0.29) is 11.3 Å². The Morgan fingerprint density at radius 1 is 1.45 bits per heavy atom. The number of benzene rings is 1. The third-order valence-corrected chi connectivity index (χ3v) is 3.63. The molecule has 0 bridgehead atoms. The van der Waals surface area contributed by atoms with Crippen LogP contribution in [-0.2, 0) is 0 Å². The predicted molar refractivity (Wildman–Crippen MR) is 78.7 cm³/mol. The van der Waals surface area contributed by atoms with Crippen LogP contribution in [0.15, 0.2) is 52.8 Å². The first kappa shape index (κ1) is 16.3. The fraction of sp³-hybridized carbons (Fsp3) is 0.200. The smallest absolute Gasteiger partial charge is 0.264 e. The molecule has 0 aliphatic heterocycles. The number of hydrogen-bond donors (Lipinski definition) is 1. The molecule has 20 heavy (non-hydrogen) atoms. The van der Waals surface area contributed by atoms with E-state index in [2.05, 4.69) is 13.2 Å². The first-order chi connectivity index (χ1) is 9.40. The van der Waals surface area contributed by atoms with Crippen molar-refractivity contribution in [3.05, 3.63) is 53.5 Å². The predicted octanol–water partition coefficient (Wildman–Crippen LogP) is 4.69. The normalized spacial score (nSPS) is 11.6. The number of rotatable bonds is 6. The zero-order valence-corrected chi connectivity index (χ0v) is 12.1. The number of thioether (sulfide) groups is 1. The highest BCUT2D eigenvalue weighted by Gasteiger charge is 2.16. The molecule has 0 amide bonds. The van der Waals surface area contributed by atoms with Crippen LogP contribution in [0.1, 0.15) is 5.56 Å². The van der Waals surface area contributed by atoms with Crippen molar-refractivity contribution in [3.8, 4) is 11.5 Å². The van der Waals surface area contributed by atoms with Gasteiger partial charge in [0.15, 0.2) is 11.5 Å². The molecule has 0 aliphatic rings. The molecule has 0 atom stereocenters. The van der Waals surface area contributed by atoms with E-state index in [9.17, 15) is 13.9 Å². The summed E-state index contributed by atoms with van der Waals surface area (Å²) < 4.78 is 30.5. The van der Waals surface area contributed by atoms with Gasteiger partial charge in [0.1, 0.15) is 0 Å². The molecule has 2 nitrogen and oxygen atoms in total. The van der Waals surface area contributed by atoms with Crippen LogP contribution in [0, 0.1) is 6.92 Å². The number of phenolic OH excluding ortho intramolecular Hbond substituents is 1. The first-order valence-electron chi connectivity index (χ1n) is 5.76. The van der Waals surface area contributed by atoms with E-state index in [1.807, 2.05) is 0 Å². The third kappa shape index (κ3) is 3.87. The van der Waals surface area contributed by atoms with Crippen LogP contribution in [-0.4, -0.2) is 18.6 Å². The summed E-state index contributed by atoms with van der Waals surface area (Å²) in [5, 5.41) is 9.75. The van der Waals surface area contributed by atoms with Crippen LogP contribution in [0.3, 0.4) is 0 Å². The zero-order chi connectivity index (χ0) is 15.3. The minimum absolute atomic E-state index is 0.0405. The summed E-state index contributed by atoms with van der Waals surface area (Å²) in [7, 11) is 1.43. The second kappa shape index (κ2) is 7.14. The minimum Gasteiger partial charge on any atom is -0.504 e. The number of hydrogen-bond acceptors (Lipinski definition) is 3. The highest BCUT2D eigenvalue weighted by atomic mass is 32.2. The van der Waals surface area contributed by atoms with Gasteiger partial charge in [-0.05, 0) is 30.7 Å². The molecule has 0 unspecified atom stereocenters. The monoisotopic (exact) mass is 298 g/mol. The van der Waals surface area contributed by atoms with Crippen LogP contribution in [0.25, 0.3) is 0 Å². The molecule has 0 fully saturated rings. The highest BCUT2D eigenvalue weighted by molar-refractivity contribution is 8.03. The van der Waals surface area contributed by atoms with Crippen LogP contribution < -0.4 is 4.74 Å². The lowest BCUT2D eigenvalue weighted by atomic mass is 10.2. The second-order valence-corrected chi connectivity index (χ2v) is 5.10. The summed E-state index contributed by atoms with van der Waals surface area (Å²) in [5.74, 6) is 0.340. The van der Waals surface area contributed by atoms with E-state index < -0.39 is 6.43 Å². The van der Waals surface area contributed by atoms with Gasteiger partial charge in [0, 0.05) is 15.4 Å². The molecule has 1 rings (SSSR count). The Balaban J connectivity index is 3.13. The number of aromatic hydroxyl groups is 1. The summed E-state index contributed by atoms with van der Waals surface area (Å²) in [6.45, 7) is 8.60. The summed E-state index contributed by atoms with van der Waals surface area (Å²) in [6.07, 6.45) is 0.280. The van der Waals surface area contributed by atoms with E-state index in [0.29, 0.717) is 21.1 Å². The average Bonchev–Trinajstić information content (AvgIpc) is 2.41. The summed E-state index contributed by atoms with van der Waals surface area (Å²) in [5.41, 5.74) is 0.340. The topological polar surface area (TPSA) is 29.5 Å². The Labute approximate surface area is 121 Å². The lowest BCUT2D eigenvalue weighted by molar-refractivity contribution is 0.194. The van der Waals surface area contributed by atoms with Crippen molar-refractivity contribution >= 4 is 11.8 Å². The van der Waals surface area contributed by atoms with Crippen LogP contribution in [0.2, 0.25) is 0 Å². The largest absolute Gasteiger partial charge is 0.504 e. The van der Waals surface area contributed by atoms with E-state index >= 15 is 0 Å². The standard InChI is InChI=1S/C15H16F2O2S/c1-5-6-13(10(3)15(16)17)20-11-7-9(2)14(18)12(8-11)19-4/h5-8,15,18H,1,3H2,2,4H3/b13-6+. The van der Waals surface area contributed by atoms with Gasteiger partial charge in [-0.15, -0.1) is 0 Å². The number of halogens is 2. The maximum absolute atomic E-state index is 12.7. The summed E-state index contributed by atoms with van der Waals surface area (Å²) >= 11 is 1.12. The van der Waals surface area contributed by atoms with Gasteiger partial charge in [-0.2, -0.15) is 0 Å². The summed E-state index contributed by atoms with van der Waals surface area (Å²) in [4.78, 5) is 0.995. The molecule has 0 radical (unpaired) electrons. The fourth-order valence-electron chi connectivity index (χ4n) is 1.48. The van der Waals surface area contributed by atoms with Gasteiger partial charge in [-0.25, -0.2) is 8.78 Å². The molecule has 0 aliphatic carbocycles. The van der Waals surface area contributed by atoms with Gasteiger partial charge in [0.2, 0.25) is 0 Å². The van der Waals surface area contributed by atoms with Gasteiger partial charge in [-0.1, -0.05) is 31.0 Å². The second-order valence-electron chi connectivity index (χ2n) is 3.99. The molecular weight excluding hydrogens is 282 g/mol. The van der Waals surface area contributed by atoms with Gasteiger partial charge in [0.05, 0.1) is 7.11 Å². The molecule has 1 N–H and O–H groups in total. The van der Waals surface area contributed by atoms with E-state index in [1.165, 1.54) is 19.3 Å². The van der Waals surface area contributed by atoms with Gasteiger partial charge >= 0.3 is 0 Å². The van der Waals surface area contributed by atoms with E-state index in [4.69, 9.17) is 4.74 Å². The Hall–Kier alpha value is -1.75. The SMILES string of the molecule is C=C/C=C(/Sc1cc(C)c(O)c(OC)c1)C(=C)C(F)F. The van der Waals surface area contributed by atoms with Crippen molar-refractivity contribution in [1.29, 1.82) is 0 Å². The van der Waals surface area contributed by atoms with Gasteiger partial charge in [0.25, 0.3) is 6.43 Å². The quantitative estimate of drug-likeness (QED) is 0.610. The Morgan fingerprint density at radius 3 is 2.60 bits per heavy atom. The minimum atomic E-state index is -2.63. The highest BCUT2D eigenvalue weighted by Crippen LogP contribution is 2.39. The third-order valence-electron chi connectivity index (χ3n) is 2.54. The maximum Gasteiger partial charge on any atom is 0.264 e. The van der Waals surface area contributed by atoms with E-state index in [1.54, 1.807) is 19.1 Å². The van der Waals surface area contributed by atoms with Crippen LogP contribution in [0.5, 0.6) is 11.5 Å². The Morgan fingerprint density at radius 2 is 2.10 bits per heavy atom. The number of alkyl halides is 2. The van der Waals surface area contributed by atoms with Crippen molar-refractivity contribution < 1.29 is 18.6 Å². The first-order valence-corrected chi connectivity index (χ1v) is 6.57. The van der Waals surface area contributed by atoms with Crippen molar-refractivity contribution in [2.75, 3.05) is 7.11 Å². The van der Waals surface area contributed by atoms with Crippen LogP contribution in [0.4, 0.5) is 8.78 Å². The lowest BCUT2D eigenvalue weighted by Gasteiger charge is -2.12. The molecule has 0 saturated heterocycles. The van der Waals surface area contributed by atoms with Crippen LogP contribution >= 0.6 is 11.8 Å². The lowest BCUT2D eigenvalue weighted by Crippen LogP contribution is -1.97. The van der Waals surface area contributed by atoms with Gasteiger partial charge < -0.3 is 9.84 Å². The van der Waals surface area contributed by atoms with Crippen molar-refractivity contribution in [2.45, 2.75) is 18.2 Å². The Bertz CT molecular complexity index is 551. The zero-order valence-electron chi connectivity index (χ0n) is 11.3. The fourth-order valence-corrected chi connectivity index (χ4v) is 2.52. The molecule has 0 aromatic heterocycles. The van der Waals surface area contributed by atoms with Crippen molar-refractivity contribution in [2.24, 2.45) is 0 Å². The molecule has 1 aromatic carbocycles. The van der Waals surface area contributed by atoms with Crippen molar-refractivity contribution in [3.63, 3.8) is 0 Å². The molecule has 0 saturated carbocycles. The molecule has 5 heteroatoms. The molecular formula is C15H16F2O2S. The number of allylic oxidation sites excluding steroid dienone is 3. The number of ether oxygens (including phenoxy) is 1. The number of methoxy groups -OCH3 is 1. The van der Waals surface area contributed by atoms with Gasteiger partial charge in [-0.3, -0.25) is 0 Å². The number of aryl methyl sites for hydroxylation is 1. The molecule has 1 aromatic rings. The molecule has 108 valence electrons. The number of phenols is 1. The summed E-state index contributed by atoms with van der Waals surface area (Å²) in [6, 6.07) is 3.28. The Kier molecular flexibility index (Phi) is 5.82. The average molecular weight is 298 g/mol. The van der Waals surface area contributed by atoms with Crippen molar-refractivity contribution in [1.82, 2.24) is 0 Å².